The number of hydrogen-bond donors (Lipinski definition) is 1. The smallest absolute Gasteiger partial charge is 0.255 e. The number of carbonyl (C=O) groups is 2. The molecule has 2 amide bonds. The van der Waals surface area contributed by atoms with Gasteiger partial charge in [0.15, 0.2) is 0 Å². The molecule has 4 nitrogen and oxygen atoms in total. The van der Waals surface area contributed by atoms with Gasteiger partial charge in [-0.05, 0) is 61.4 Å². The molecule has 4 rings (SSSR count). The molecule has 1 heterocycles. The Hall–Kier alpha value is -3.12. The van der Waals surface area contributed by atoms with Crippen LogP contribution in [0.5, 0.6) is 0 Å². The van der Waals surface area contributed by atoms with E-state index < -0.39 is 5.82 Å². The Morgan fingerprint density at radius 2 is 1.87 bits per heavy atom. The summed E-state index contributed by atoms with van der Waals surface area (Å²) in [6.45, 7) is 4.03. The van der Waals surface area contributed by atoms with Crippen LogP contribution in [0.1, 0.15) is 32.4 Å². The summed E-state index contributed by atoms with van der Waals surface area (Å²) in [7, 11) is 0. The maximum Gasteiger partial charge on any atom is 0.255 e. The summed E-state index contributed by atoms with van der Waals surface area (Å²) < 4.78 is 13.4. The molecule has 0 saturated carbocycles. The first-order chi connectivity index (χ1) is 14.4. The summed E-state index contributed by atoms with van der Waals surface area (Å²) in [4.78, 5) is 27.0. The number of anilines is 2. The third kappa shape index (κ3) is 4.09. The summed E-state index contributed by atoms with van der Waals surface area (Å²) >= 11 is 1.56. The highest BCUT2D eigenvalue weighted by atomic mass is 32.2. The fourth-order valence-electron chi connectivity index (χ4n) is 3.61. The SMILES string of the molecule is Cc1ccc(N2C(=O)CSC2c2cccc(NC(=O)c3cccc(F)c3)c2)c(C)c1. The number of thioether (sulfide) groups is 1. The van der Waals surface area contributed by atoms with Crippen molar-refractivity contribution in [3.05, 3.63) is 94.8 Å². The van der Waals surface area contributed by atoms with E-state index in [4.69, 9.17) is 0 Å². The van der Waals surface area contributed by atoms with Crippen molar-refractivity contribution in [1.82, 2.24) is 0 Å². The lowest BCUT2D eigenvalue weighted by atomic mass is 10.1. The van der Waals surface area contributed by atoms with Crippen molar-refractivity contribution in [2.75, 3.05) is 16.0 Å². The van der Waals surface area contributed by atoms with E-state index in [1.165, 1.54) is 18.2 Å². The van der Waals surface area contributed by atoms with Gasteiger partial charge in [-0.1, -0.05) is 35.9 Å². The predicted octanol–water partition coefficient (Wildman–Crippen LogP) is 5.47. The molecule has 0 aromatic heterocycles. The number of hydrogen-bond acceptors (Lipinski definition) is 3. The maximum absolute atomic E-state index is 13.4. The number of rotatable bonds is 4. The van der Waals surface area contributed by atoms with Gasteiger partial charge in [-0.25, -0.2) is 4.39 Å². The fraction of sp³-hybridized carbons (Fsp3) is 0.167. The number of carbonyl (C=O) groups excluding carboxylic acids is 2. The van der Waals surface area contributed by atoms with Gasteiger partial charge in [-0.2, -0.15) is 0 Å². The van der Waals surface area contributed by atoms with Crippen LogP contribution in [-0.4, -0.2) is 17.6 Å². The van der Waals surface area contributed by atoms with Crippen LogP contribution >= 0.6 is 11.8 Å². The van der Waals surface area contributed by atoms with E-state index in [2.05, 4.69) is 11.4 Å². The molecule has 0 bridgehead atoms. The van der Waals surface area contributed by atoms with Gasteiger partial charge >= 0.3 is 0 Å². The van der Waals surface area contributed by atoms with E-state index in [9.17, 15) is 14.0 Å². The van der Waals surface area contributed by atoms with Crippen LogP contribution in [0.15, 0.2) is 66.7 Å². The molecule has 1 N–H and O–H groups in total. The quantitative estimate of drug-likeness (QED) is 0.609. The van der Waals surface area contributed by atoms with Crippen molar-refractivity contribution in [2.24, 2.45) is 0 Å². The number of halogens is 1. The van der Waals surface area contributed by atoms with Crippen LogP contribution in [0.2, 0.25) is 0 Å². The minimum Gasteiger partial charge on any atom is -0.322 e. The highest BCUT2D eigenvalue weighted by Gasteiger charge is 2.34. The molecule has 1 unspecified atom stereocenters. The molecule has 1 fully saturated rings. The fourth-order valence-corrected chi connectivity index (χ4v) is 4.77. The van der Waals surface area contributed by atoms with Crippen molar-refractivity contribution >= 4 is 35.0 Å². The van der Waals surface area contributed by atoms with Crippen LogP contribution in [0.25, 0.3) is 0 Å². The van der Waals surface area contributed by atoms with Crippen molar-refractivity contribution in [2.45, 2.75) is 19.2 Å². The van der Waals surface area contributed by atoms with E-state index in [1.807, 2.05) is 49.1 Å². The van der Waals surface area contributed by atoms with Gasteiger partial charge < -0.3 is 5.32 Å². The first-order valence-electron chi connectivity index (χ1n) is 9.60. The third-order valence-electron chi connectivity index (χ3n) is 5.00. The topological polar surface area (TPSA) is 49.4 Å². The molecule has 1 aliphatic heterocycles. The molecule has 3 aromatic carbocycles. The second-order valence-electron chi connectivity index (χ2n) is 7.31. The Morgan fingerprint density at radius 1 is 1.07 bits per heavy atom. The van der Waals surface area contributed by atoms with Crippen molar-refractivity contribution < 1.29 is 14.0 Å². The van der Waals surface area contributed by atoms with Crippen LogP contribution in [0.3, 0.4) is 0 Å². The van der Waals surface area contributed by atoms with Crippen LogP contribution in [-0.2, 0) is 4.79 Å². The molecule has 1 aliphatic rings. The minimum atomic E-state index is -0.457. The van der Waals surface area contributed by atoms with E-state index in [0.29, 0.717) is 11.4 Å². The van der Waals surface area contributed by atoms with Crippen molar-refractivity contribution in [3.63, 3.8) is 0 Å². The average molecular weight is 421 g/mol. The van der Waals surface area contributed by atoms with Gasteiger partial charge in [0, 0.05) is 16.9 Å². The molecular weight excluding hydrogens is 399 g/mol. The summed E-state index contributed by atoms with van der Waals surface area (Å²) in [5, 5.41) is 2.64. The van der Waals surface area contributed by atoms with Gasteiger partial charge in [-0.3, -0.25) is 14.5 Å². The van der Waals surface area contributed by atoms with Gasteiger partial charge in [0.2, 0.25) is 5.91 Å². The summed E-state index contributed by atoms with van der Waals surface area (Å²) in [5.74, 6) is -0.377. The molecule has 30 heavy (non-hydrogen) atoms. The zero-order valence-corrected chi connectivity index (χ0v) is 17.5. The molecule has 0 spiro atoms. The Labute approximate surface area is 179 Å². The molecule has 6 heteroatoms. The highest BCUT2D eigenvalue weighted by Crippen LogP contribution is 2.43. The summed E-state index contributed by atoms with van der Waals surface area (Å²) in [5.41, 5.74) is 4.86. The largest absolute Gasteiger partial charge is 0.322 e. The van der Waals surface area contributed by atoms with Crippen LogP contribution < -0.4 is 10.2 Å². The first-order valence-corrected chi connectivity index (χ1v) is 10.6. The standard InChI is InChI=1S/C24H21FN2O2S/c1-15-9-10-21(16(2)11-15)27-22(28)14-30-24(27)18-6-4-8-20(13-18)26-23(29)17-5-3-7-19(25)12-17/h3-13,24H,14H2,1-2H3,(H,26,29). The Kier molecular flexibility index (Phi) is 5.59. The van der Waals surface area contributed by atoms with E-state index >= 15 is 0 Å². The Bertz CT molecular complexity index is 1130. The Morgan fingerprint density at radius 3 is 2.63 bits per heavy atom. The number of nitrogens with zero attached hydrogens (tertiary/aromatic N) is 1. The molecule has 1 saturated heterocycles. The third-order valence-corrected chi connectivity index (χ3v) is 6.21. The molecule has 3 aromatic rings. The first kappa shape index (κ1) is 20.2. The van der Waals surface area contributed by atoms with E-state index in [1.54, 1.807) is 23.9 Å². The van der Waals surface area contributed by atoms with E-state index in [0.717, 1.165) is 22.4 Å². The van der Waals surface area contributed by atoms with Crippen molar-refractivity contribution in [1.29, 1.82) is 0 Å². The second kappa shape index (κ2) is 8.32. The molecule has 1 atom stereocenters. The lowest BCUT2D eigenvalue weighted by molar-refractivity contribution is -0.115. The van der Waals surface area contributed by atoms with Gasteiger partial charge in [-0.15, -0.1) is 11.8 Å². The van der Waals surface area contributed by atoms with Gasteiger partial charge in [0.25, 0.3) is 5.91 Å². The molecular formula is C24H21FN2O2S. The molecule has 152 valence electrons. The second-order valence-corrected chi connectivity index (χ2v) is 8.38. The van der Waals surface area contributed by atoms with Crippen LogP contribution in [0, 0.1) is 19.7 Å². The Balaban J connectivity index is 1.61. The number of nitrogens with one attached hydrogen (secondary N) is 1. The zero-order valence-electron chi connectivity index (χ0n) is 16.7. The van der Waals surface area contributed by atoms with Crippen molar-refractivity contribution in [3.8, 4) is 0 Å². The molecule has 0 aliphatic carbocycles. The zero-order chi connectivity index (χ0) is 21.3. The highest BCUT2D eigenvalue weighted by molar-refractivity contribution is 8.00. The normalized spacial score (nSPS) is 16.0. The van der Waals surface area contributed by atoms with E-state index in [-0.39, 0.29) is 22.8 Å². The predicted molar refractivity (Wildman–Crippen MR) is 119 cm³/mol. The van der Waals surface area contributed by atoms with Gasteiger partial charge in [0.05, 0.1) is 5.75 Å². The van der Waals surface area contributed by atoms with Gasteiger partial charge in [0.1, 0.15) is 11.2 Å². The number of aryl methyl sites for hydroxylation is 2. The summed E-state index contributed by atoms with van der Waals surface area (Å²) in [6, 6.07) is 19.1. The lowest BCUT2D eigenvalue weighted by Crippen LogP contribution is -2.28. The summed E-state index contributed by atoms with van der Waals surface area (Å²) in [6.07, 6.45) is 0. The maximum atomic E-state index is 13.4. The van der Waals surface area contributed by atoms with Crippen LogP contribution in [0.4, 0.5) is 15.8 Å². The average Bonchev–Trinajstić information content (AvgIpc) is 3.09. The number of benzene rings is 3. The minimum absolute atomic E-state index is 0.0613. The monoisotopic (exact) mass is 420 g/mol. The molecule has 0 radical (unpaired) electrons. The lowest BCUT2D eigenvalue weighted by Gasteiger charge is -2.26. The number of amides is 2.